The highest BCUT2D eigenvalue weighted by Crippen LogP contribution is 2.33. The van der Waals surface area contributed by atoms with Gasteiger partial charge in [0.2, 0.25) is 0 Å². The van der Waals surface area contributed by atoms with Crippen molar-refractivity contribution in [2.75, 3.05) is 13.2 Å². The van der Waals surface area contributed by atoms with E-state index in [4.69, 9.17) is 16.3 Å². The maximum atomic E-state index is 6.30. The summed E-state index contributed by atoms with van der Waals surface area (Å²) in [4.78, 5) is 8.77. The number of aromatic nitrogens is 3. The molecule has 0 aliphatic carbocycles. The summed E-state index contributed by atoms with van der Waals surface area (Å²) in [6.45, 7) is 5.87. The molecule has 1 fully saturated rings. The molecule has 3 heterocycles. The van der Waals surface area contributed by atoms with E-state index >= 15 is 0 Å². The summed E-state index contributed by atoms with van der Waals surface area (Å²) in [6, 6.07) is 2.35. The summed E-state index contributed by atoms with van der Waals surface area (Å²) in [5.74, 6) is 1.45. The van der Waals surface area contributed by atoms with Crippen molar-refractivity contribution in [2.24, 2.45) is 5.92 Å². The number of hydrogen-bond acceptors (Lipinski definition) is 3. The van der Waals surface area contributed by atoms with Gasteiger partial charge in [0.25, 0.3) is 0 Å². The van der Waals surface area contributed by atoms with Crippen LogP contribution < -0.4 is 0 Å². The number of imidazole rings is 1. The third-order valence-electron chi connectivity index (χ3n) is 3.93. The summed E-state index contributed by atoms with van der Waals surface area (Å²) in [6.07, 6.45) is 4.70. The van der Waals surface area contributed by atoms with Crippen LogP contribution in [0.1, 0.15) is 37.5 Å². The van der Waals surface area contributed by atoms with E-state index in [2.05, 4.69) is 21.5 Å². The van der Waals surface area contributed by atoms with Gasteiger partial charge in [0.05, 0.1) is 23.7 Å². The van der Waals surface area contributed by atoms with Crippen molar-refractivity contribution in [3.63, 3.8) is 0 Å². The van der Waals surface area contributed by atoms with Crippen LogP contribution in [0.4, 0.5) is 0 Å². The average Bonchev–Trinajstić information content (AvgIpc) is 3.05. The number of fused-ring (bicyclic) bond motifs is 1. The van der Waals surface area contributed by atoms with E-state index in [1.54, 1.807) is 12.4 Å². The predicted molar refractivity (Wildman–Crippen MR) is 75.4 cm³/mol. The van der Waals surface area contributed by atoms with Crippen molar-refractivity contribution >= 4 is 22.6 Å². The van der Waals surface area contributed by atoms with Gasteiger partial charge in [-0.15, -0.1) is 11.6 Å². The molecule has 0 saturated carbocycles. The third-order valence-corrected chi connectivity index (χ3v) is 4.12. The normalized spacial score (nSPS) is 22.8. The number of halogens is 1. The number of alkyl halides is 1. The lowest BCUT2D eigenvalue weighted by Gasteiger charge is -2.23. The lowest BCUT2D eigenvalue weighted by Crippen LogP contribution is -2.19. The minimum Gasteiger partial charge on any atom is -0.381 e. The molecule has 0 aromatic carbocycles. The predicted octanol–water partition coefficient (Wildman–Crippen LogP) is 3.33. The molecule has 3 unspecified atom stereocenters. The van der Waals surface area contributed by atoms with Gasteiger partial charge in [0, 0.05) is 24.8 Å². The molecule has 0 radical (unpaired) electrons. The minimum atomic E-state index is -0.114. The van der Waals surface area contributed by atoms with Gasteiger partial charge >= 0.3 is 0 Å². The van der Waals surface area contributed by atoms with E-state index in [0.717, 1.165) is 36.5 Å². The summed E-state index contributed by atoms with van der Waals surface area (Å²) in [5.41, 5.74) is 2.02. The second-order valence-corrected chi connectivity index (χ2v) is 5.84. The van der Waals surface area contributed by atoms with Crippen LogP contribution in [0.3, 0.4) is 0 Å². The zero-order chi connectivity index (χ0) is 13.4. The van der Waals surface area contributed by atoms with Gasteiger partial charge in [-0.2, -0.15) is 0 Å². The van der Waals surface area contributed by atoms with Crippen LogP contribution in [0.15, 0.2) is 18.5 Å². The van der Waals surface area contributed by atoms with E-state index in [1.165, 1.54) is 0 Å². The maximum absolute atomic E-state index is 6.30. The van der Waals surface area contributed by atoms with E-state index < -0.39 is 0 Å². The van der Waals surface area contributed by atoms with Crippen LogP contribution in [0.5, 0.6) is 0 Å². The van der Waals surface area contributed by atoms with Crippen LogP contribution in [0.25, 0.3) is 11.0 Å². The molecule has 0 spiro atoms. The standard InChI is InChI=1S/C14H18ClN3O/c1-9(15)14-17-12-7-16-5-3-13(12)18(14)10(2)11-4-6-19-8-11/h3,5,7,9-11H,4,6,8H2,1-2H3. The van der Waals surface area contributed by atoms with Crippen LogP contribution in [0, 0.1) is 5.92 Å². The fraction of sp³-hybridized carbons (Fsp3) is 0.571. The first kappa shape index (κ1) is 12.9. The highest BCUT2D eigenvalue weighted by atomic mass is 35.5. The van der Waals surface area contributed by atoms with Gasteiger partial charge in [-0.05, 0) is 26.3 Å². The number of ether oxygens (including phenoxy) is 1. The quantitative estimate of drug-likeness (QED) is 0.809. The first-order valence-electron chi connectivity index (χ1n) is 6.72. The lowest BCUT2D eigenvalue weighted by molar-refractivity contribution is 0.175. The molecule has 1 aliphatic heterocycles. The molecule has 19 heavy (non-hydrogen) atoms. The number of hydrogen-bond donors (Lipinski definition) is 0. The molecular formula is C14H18ClN3O. The zero-order valence-corrected chi connectivity index (χ0v) is 12.0. The minimum absolute atomic E-state index is 0.114. The van der Waals surface area contributed by atoms with E-state index in [0.29, 0.717) is 12.0 Å². The van der Waals surface area contributed by atoms with E-state index in [1.807, 2.05) is 13.0 Å². The molecule has 1 saturated heterocycles. The summed E-state index contributed by atoms with van der Waals surface area (Å²) in [5, 5.41) is -0.114. The Labute approximate surface area is 117 Å². The number of nitrogens with zero attached hydrogens (tertiary/aromatic N) is 3. The maximum Gasteiger partial charge on any atom is 0.128 e. The fourth-order valence-electron chi connectivity index (χ4n) is 2.82. The van der Waals surface area contributed by atoms with Crippen molar-refractivity contribution in [3.8, 4) is 0 Å². The molecule has 2 aromatic heterocycles. The molecule has 1 aliphatic rings. The largest absolute Gasteiger partial charge is 0.381 e. The van der Waals surface area contributed by atoms with Crippen LogP contribution in [-0.2, 0) is 4.74 Å². The molecule has 0 amide bonds. The Hall–Kier alpha value is -1.13. The van der Waals surface area contributed by atoms with Crippen LogP contribution in [0.2, 0.25) is 0 Å². The molecule has 5 heteroatoms. The Kier molecular flexibility index (Phi) is 3.46. The van der Waals surface area contributed by atoms with Crippen molar-refractivity contribution in [1.82, 2.24) is 14.5 Å². The summed E-state index contributed by atoms with van der Waals surface area (Å²) in [7, 11) is 0. The second-order valence-electron chi connectivity index (χ2n) is 5.18. The molecular weight excluding hydrogens is 262 g/mol. The summed E-state index contributed by atoms with van der Waals surface area (Å²) >= 11 is 6.30. The van der Waals surface area contributed by atoms with E-state index in [9.17, 15) is 0 Å². The van der Waals surface area contributed by atoms with Crippen LogP contribution in [-0.4, -0.2) is 27.7 Å². The average molecular weight is 280 g/mol. The molecule has 0 bridgehead atoms. The molecule has 3 rings (SSSR count). The van der Waals surface area contributed by atoms with Crippen molar-refractivity contribution in [3.05, 3.63) is 24.3 Å². The Morgan fingerprint density at radius 3 is 3.00 bits per heavy atom. The molecule has 3 atom stereocenters. The fourth-order valence-corrected chi connectivity index (χ4v) is 2.98. The van der Waals surface area contributed by atoms with E-state index in [-0.39, 0.29) is 5.38 Å². The van der Waals surface area contributed by atoms with Gasteiger partial charge in [-0.3, -0.25) is 4.98 Å². The monoisotopic (exact) mass is 279 g/mol. The van der Waals surface area contributed by atoms with Gasteiger partial charge < -0.3 is 9.30 Å². The van der Waals surface area contributed by atoms with Gasteiger partial charge in [0.15, 0.2) is 0 Å². The SMILES string of the molecule is CC(Cl)c1nc2cnccc2n1C(C)C1CCOC1. The Morgan fingerprint density at radius 2 is 2.32 bits per heavy atom. The molecule has 102 valence electrons. The summed E-state index contributed by atoms with van der Waals surface area (Å²) < 4.78 is 7.77. The van der Waals surface area contributed by atoms with Gasteiger partial charge in [0.1, 0.15) is 11.3 Å². The zero-order valence-electron chi connectivity index (χ0n) is 11.2. The van der Waals surface area contributed by atoms with Crippen molar-refractivity contribution in [1.29, 1.82) is 0 Å². The number of pyridine rings is 1. The third kappa shape index (κ3) is 2.23. The first-order valence-corrected chi connectivity index (χ1v) is 7.15. The molecule has 2 aromatic rings. The highest BCUT2D eigenvalue weighted by molar-refractivity contribution is 6.20. The Bertz CT molecular complexity index is 575. The Morgan fingerprint density at radius 1 is 1.47 bits per heavy atom. The topological polar surface area (TPSA) is 39.9 Å². The van der Waals surface area contributed by atoms with Crippen LogP contribution >= 0.6 is 11.6 Å². The first-order chi connectivity index (χ1) is 9.18. The highest BCUT2D eigenvalue weighted by Gasteiger charge is 2.27. The van der Waals surface area contributed by atoms with Crippen molar-refractivity contribution in [2.45, 2.75) is 31.7 Å². The molecule has 0 N–H and O–H groups in total. The van der Waals surface area contributed by atoms with Gasteiger partial charge in [-0.25, -0.2) is 4.98 Å². The smallest absolute Gasteiger partial charge is 0.128 e. The van der Waals surface area contributed by atoms with Gasteiger partial charge in [-0.1, -0.05) is 0 Å². The lowest BCUT2D eigenvalue weighted by atomic mass is 10.00. The van der Waals surface area contributed by atoms with Crippen molar-refractivity contribution < 1.29 is 4.74 Å². The Balaban J connectivity index is 2.11. The number of rotatable bonds is 3. The second kappa shape index (κ2) is 5.10. The molecule has 4 nitrogen and oxygen atoms in total.